The molecule has 3 aromatic rings. The van der Waals surface area contributed by atoms with Crippen LogP contribution in [0.15, 0.2) is 53.3 Å². The average molecular weight is 367 g/mol. The summed E-state index contributed by atoms with van der Waals surface area (Å²) in [5.41, 5.74) is 1.38. The normalized spacial score (nSPS) is 10.3. The molecule has 1 aromatic carbocycles. The van der Waals surface area contributed by atoms with Gasteiger partial charge in [-0.25, -0.2) is 0 Å². The molecular formula is C18H17N5O4. The van der Waals surface area contributed by atoms with Gasteiger partial charge in [-0.05, 0) is 23.8 Å². The number of benzene rings is 1. The topological polar surface area (TPSA) is 119 Å². The Morgan fingerprint density at radius 3 is 2.81 bits per heavy atom. The highest BCUT2D eigenvalue weighted by Crippen LogP contribution is 2.24. The van der Waals surface area contributed by atoms with Gasteiger partial charge in [0, 0.05) is 25.9 Å². The standard InChI is InChI=1S/C18H17N5O4/c1-12(24)21-14-6-2-3-7-15(14)26-11-16-22-18(27-23-16)17(25)20-10-13-5-4-8-19-9-13/h2-9H,10-11H2,1H3,(H,20,25)(H,21,24). The Balaban J connectivity index is 1.57. The van der Waals surface area contributed by atoms with Crippen molar-refractivity contribution in [1.29, 1.82) is 0 Å². The predicted molar refractivity (Wildman–Crippen MR) is 94.8 cm³/mol. The van der Waals surface area contributed by atoms with Gasteiger partial charge in [-0.15, -0.1) is 0 Å². The molecule has 0 atom stereocenters. The first kappa shape index (κ1) is 18.1. The van der Waals surface area contributed by atoms with E-state index in [1.165, 1.54) is 6.92 Å². The Morgan fingerprint density at radius 2 is 2.04 bits per heavy atom. The van der Waals surface area contributed by atoms with Crippen LogP contribution in [-0.4, -0.2) is 26.9 Å². The van der Waals surface area contributed by atoms with Gasteiger partial charge >= 0.3 is 11.8 Å². The number of carbonyl (C=O) groups is 2. The van der Waals surface area contributed by atoms with Gasteiger partial charge in [-0.3, -0.25) is 14.6 Å². The maximum Gasteiger partial charge on any atom is 0.316 e. The number of carbonyl (C=O) groups excluding carboxylic acids is 2. The Labute approximate surface area is 154 Å². The molecule has 2 N–H and O–H groups in total. The summed E-state index contributed by atoms with van der Waals surface area (Å²) in [7, 11) is 0. The van der Waals surface area contributed by atoms with Gasteiger partial charge in [-0.1, -0.05) is 23.4 Å². The monoisotopic (exact) mass is 367 g/mol. The molecule has 0 bridgehead atoms. The first-order valence-corrected chi connectivity index (χ1v) is 8.11. The van der Waals surface area contributed by atoms with Gasteiger partial charge in [0.1, 0.15) is 5.75 Å². The minimum Gasteiger partial charge on any atom is -0.483 e. The zero-order valence-electron chi connectivity index (χ0n) is 14.5. The maximum atomic E-state index is 12.1. The molecule has 27 heavy (non-hydrogen) atoms. The third kappa shape index (κ3) is 5.11. The van der Waals surface area contributed by atoms with Crippen LogP contribution >= 0.6 is 0 Å². The highest BCUT2D eigenvalue weighted by atomic mass is 16.5. The van der Waals surface area contributed by atoms with Crippen molar-refractivity contribution in [1.82, 2.24) is 20.4 Å². The van der Waals surface area contributed by atoms with Crippen molar-refractivity contribution in [3.63, 3.8) is 0 Å². The second-order valence-corrected chi connectivity index (χ2v) is 5.53. The van der Waals surface area contributed by atoms with E-state index in [1.807, 2.05) is 6.07 Å². The summed E-state index contributed by atoms with van der Waals surface area (Å²) < 4.78 is 10.6. The number of nitrogens with one attached hydrogen (secondary N) is 2. The summed E-state index contributed by atoms with van der Waals surface area (Å²) in [4.78, 5) is 31.3. The number of aromatic nitrogens is 3. The molecule has 0 unspecified atom stereocenters. The highest BCUT2D eigenvalue weighted by molar-refractivity contribution is 5.90. The summed E-state index contributed by atoms with van der Waals surface area (Å²) in [6.07, 6.45) is 3.31. The van der Waals surface area contributed by atoms with E-state index in [2.05, 4.69) is 25.8 Å². The largest absolute Gasteiger partial charge is 0.483 e. The number of para-hydroxylation sites is 2. The number of ether oxygens (including phenoxy) is 1. The summed E-state index contributed by atoms with van der Waals surface area (Å²) in [5.74, 6) is -0.193. The molecule has 2 aromatic heterocycles. The van der Waals surface area contributed by atoms with Gasteiger partial charge in [0.25, 0.3) is 0 Å². The summed E-state index contributed by atoms with van der Waals surface area (Å²) in [6.45, 7) is 1.69. The van der Waals surface area contributed by atoms with Gasteiger partial charge in [0.05, 0.1) is 5.69 Å². The van der Waals surface area contributed by atoms with E-state index in [1.54, 1.807) is 42.7 Å². The number of hydrogen-bond donors (Lipinski definition) is 2. The minimum absolute atomic E-state index is 0.0179. The van der Waals surface area contributed by atoms with Crippen LogP contribution in [0.2, 0.25) is 0 Å². The molecule has 0 aliphatic carbocycles. The molecule has 0 spiro atoms. The molecule has 2 heterocycles. The molecule has 0 radical (unpaired) electrons. The fourth-order valence-corrected chi connectivity index (χ4v) is 2.19. The number of amides is 2. The molecule has 0 fully saturated rings. The van der Waals surface area contributed by atoms with Crippen LogP contribution in [0, 0.1) is 0 Å². The van der Waals surface area contributed by atoms with Gasteiger partial charge in [0.15, 0.2) is 6.61 Å². The van der Waals surface area contributed by atoms with E-state index in [0.717, 1.165) is 5.56 Å². The summed E-state index contributed by atoms with van der Waals surface area (Å²) in [5, 5.41) is 9.06. The van der Waals surface area contributed by atoms with E-state index in [4.69, 9.17) is 9.26 Å². The SMILES string of the molecule is CC(=O)Nc1ccccc1OCc1noc(C(=O)NCc2cccnc2)n1. The van der Waals surface area contributed by atoms with Crippen molar-refractivity contribution in [2.45, 2.75) is 20.1 Å². The van der Waals surface area contributed by atoms with Crippen molar-refractivity contribution >= 4 is 17.5 Å². The lowest BCUT2D eigenvalue weighted by Gasteiger charge is -2.09. The van der Waals surface area contributed by atoms with Crippen LogP contribution in [0.25, 0.3) is 0 Å². The molecule has 9 nitrogen and oxygen atoms in total. The van der Waals surface area contributed by atoms with E-state index in [0.29, 0.717) is 18.0 Å². The third-order valence-electron chi connectivity index (χ3n) is 3.39. The molecule has 2 amide bonds. The zero-order valence-corrected chi connectivity index (χ0v) is 14.5. The lowest BCUT2D eigenvalue weighted by molar-refractivity contribution is -0.114. The van der Waals surface area contributed by atoms with Crippen LogP contribution in [0.4, 0.5) is 5.69 Å². The Bertz CT molecular complexity index is 926. The predicted octanol–water partition coefficient (Wildman–Crippen LogP) is 1.93. The maximum absolute atomic E-state index is 12.1. The van der Waals surface area contributed by atoms with Gasteiger partial charge < -0.3 is 19.9 Å². The van der Waals surface area contributed by atoms with Crippen molar-refractivity contribution in [2.24, 2.45) is 0 Å². The minimum atomic E-state index is -0.490. The number of nitrogens with zero attached hydrogens (tertiary/aromatic N) is 3. The average Bonchev–Trinajstić information content (AvgIpc) is 3.15. The molecule has 3 rings (SSSR count). The van der Waals surface area contributed by atoms with E-state index in [9.17, 15) is 9.59 Å². The lowest BCUT2D eigenvalue weighted by Crippen LogP contribution is -2.23. The Kier molecular flexibility index (Phi) is 5.73. The lowest BCUT2D eigenvalue weighted by atomic mass is 10.3. The second kappa shape index (κ2) is 8.56. The molecule has 0 saturated heterocycles. The van der Waals surface area contributed by atoms with Crippen molar-refractivity contribution in [2.75, 3.05) is 5.32 Å². The van der Waals surface area contributed by atoms with Crippen LogP contribution in [0.1, 0.15) is 29.0 Å². The fraction of sp³-hybridized carbons (Fsp3) is 0.167. The summed E-state index contributed by atoms with van der Waals surface area (Å²) >= 11 is 0. The number of anilines is 1. The zero-order chi connectivity index (χ0) is 19.1. The van der Waals surface area contributed by atoms with E-state index >= 15 is 0 Å². The fourth-order valence-electron chi connectivity index (χ4n) is 2.19. The van der Waals surface area contributed by atoms with Crippen LogP contribution in [0.3, 0.4) is 0 Å². The van der Waals surface area contributed by atoms with Gasteiger partial charge in [0.2, 0.25) is 11.7 Å². The Hall–Kier alpha value is -3.75. The van der Waals surface area contributed by atoms with Crippen LogP contribution in [0.5, 0.6) is 5.75 Å². The molecule has 0 saturated carbocycles. The third-order valence-corrected chi connectivity index (χ3v) is 3.39. The van der Waals surface area contributed by atoms with Crippen molar-refractivity contribution in [3.05, 3.63) is 66.1 Å². The first-order valence-electron chi connectivity index (χ1n) is 8.11. The highest BCUT2D eigenvalue weighted by Gasteiger charge is 2.15. The number of pyridine rings is 1. The van der Waals surface area contributed by atoms with E-state index in [-0.39, 0.29) is 24.2 Å². The molecule has 0 aliphatic rings. The van der Waals surface area contributed by atoms with Crippen LogP contribution < -0.4 is 15.4 Å². The molecule has 0 aliphatic heterocycles. The summed E-state index contributed by atoms with van der Waals surface area (Å²) in [6, 6.07) is 10.6. The smallest absolute Gasteiger partial charge is 0.316 e. The second-order valence-electron chi connectivity index (χ2n) is 5.53. The van der Waals surface area contributed by atoms with E-state index < -0.39 is 5.91 Å². The van der Waals surface area contributed by atoms with Crippen molar-refractivity contribution in [3.8, 4) is 5.75 Å². The molecule has 138 valence electrons. The Morgan fingerprint density at radius 1 is 1.19 bits per heavy atom. The van der Waals surface area contributed by atoms with Gasteiger partial charge in [-0.2, -0.15) is 4.98 Å². The molecular weight excluding hydrogens is 350 g/mol. The number of hydrogen-bond acceptors (Lipinski definition) is 7. The van der Waals surface area contributed by atoms with Crippen molar-refractivity contribution < 1.29 is 18.8 Å². The number of rotatable bonds is 7. The van der Waals surface area contributed by atoms with Crippen LogP contribution in [-0.2, 0) is 17.9 Å². The molecule has 9 heteroatoms. The first-order chi connectivity index (χ1) is 13.1. The quantitative estimate of drug-likeness (QED) is 0.655.